The molecule has 0 bridgehead atoms. The molecule has 0 unspecified atom stereocenters. The van der Waals surface area contributed by atoms with E-state index in [2.05, 4.69) is 189 Å². The Kier molecular flexibility index (Phi) is 7.27. The van der Waals surface area contributed by atoms with Gasteiger partial charge < -0.3 is 0 Å². The second-order valence-electron chi connectivity index (χ2n) is 14.4. The average Bonchev–Trinajstić information content (AvgIpc) is 3.47. The molecule has 0 atom stereocenters. The summed E-state index contributed by atoms with van der Waals surface area (Å²) in [4.78, 5) is 15.9. The van der Waals surface area contributed by atoms with Crippen LogP contribution in [0.2, 0.25) is 13.1 Å². The summed E-state index contributed by atoms with van der Waals surface area (Å²) in [5, 5.41) is 7.90. The molecule has 2 heterocycles. The number of nitrogens with zero attached hydrogens (tertiary/aromatic N) is 3. The summed E-state index contributed by atoms with van der Waals surface area (Å²) in [6.07, 6.45) is 0. The number of rotatable bonds is 5. The molecule has 3 nitrogen and oxygen atoms in total. The molecule has 0 saturated heterocycles. The third-order valence-electron chi connectivity index (χ3n) is 10.9. The van der Waals surface area contributed by atoms with E-state index >= 15 is 0 Å². The highest BCUT2D eigenvalue weighted by molar-refractivity contribution is 7.04. The second-order valence-corrected chi connectivity index (χ2v) is 18.7. The van der Waals surface area contributed by atoms with E-state index in [0.29, 0.717) is 17.5 Å². The van der Waals surface area contributed by atoms with Gasteiger partial charge in [0.2, 0.25) is 0 Å². The van der Waals surface area contributed by atoms with E-state index in [0.717, 1.165) is 33.4 Å². The van der Waals surface area contributed by atoms with Gasteiger partial charge in [-0.3, -0.25) is 0 Å². The maximum Gasteiger partial charge on any atom is 0.164 e. The zero-order valence-corrected chi connectivity index (χ0v) is 30.6. The summed E-state index contributed by atoms with van der Waals surface area (Å²) in [6, 6.07) is 62.8. The molecule has 0 amide bonds. The SMILES string of the molecule is C[Si]1(C)c2ccc3ccccc3c2-c2cccc(-c3nc(-c4ccc(-c5cccc6ccccc56)cc4)nc(-c4ccccc4-c4ccccc4)n3)c21. The maximum atomic E-state index is 5.35. The molecule has 0 spiro atoms. The molecule has 0 N–H and O–H groups in total. The highest BCUT2D eigenvalue weighted by Gasteiger charge is 2.40. The van der Waals surface area contributed by atoms with Crippen molar-refractivity contribution in [2.24, 2.45) is 0 Å². The molecule has 0 radical (unpaired) electrons. The first-order chi connectivity index (χ1) is 26.0. The lowest BCUT2D eigenvalue weighted by atomic mass is 9.96. The quantitative estimate of drug-likeness (QED) is 0.168. The second kappa shape index (κ2) is 12.3. The fourth-order valence-electron chi connectivity index (χ4n) is 8.41. The van der Waals surface area contributed by atoms with Gasteiger partial charge in [-0.15, -0.1) is 0 Å². The van der Waals surface area contributed by atoms with Crippen molar-refractivity contribution in [3.8, 4) is 67.5 Å². The van der Waals surface area contributed by atoms with Crippen molar-refractivity contribution in [1.82, 2.24) is 15.0 Å². The van der Waals surface area contributed by atoms with E-state index in [9.17, 15) is 0 Å². The molecule has 9 aromatic rings. The van der Waals surface area contributed by atoms with Gasteiger partial charge in [0.05, 0.1) is 0 Å². The lowest BCUT2D eigenvalue weighted by Gasteiger charge is -2.22. The van der Waals surface area contributed by atoms with Crippen molar-refractivity contribution in [2.75, 3.05) is 0 Å². The van der Waals surface area contributed by atoms with Crippen LogP contribution in [0.15, 0.2) is 176 Å². The Balaban J connectivity index is 1.18. The molecule has 1 aliphatic rings. The molecular formula is C49H35N3Si. The van der Waals surface area contributed by atoms with E-state index in [1.54, 1.807) is 0 Å². The summed E-state index contributed by atoms with van der Waals surface area (Å²) in [5.41, 5.74) is 10.3. The Morgan fingerprint density at radius 1 is 0.340 bits per heavy atom. The summed E-state index contributed by atoms with van der Waals surface area (Å²) >= 11 is 0. The van der Waals surface area contributed by atoms with Crippen LogP contribution in [0, 0.1) is 0 Å². The number of hydrogen-bond donors (Lipinski definition) is 0. The van der Waals surface area contributed by atoms with Crippen LogP contribution in [0.3, 0.4) is 0 Å². The summed E-state index contributed by atoms with van der Waals surface area (Å²) in [5.74, 6) is 2.04. The minimum atomic E-state index is -2.15. The van der Waals surface area contributed by atoms with Crippen LogP contribution in [-0.2, 0) is 0 Å². The molecule has 8 aromatic carbocycles. The number of aromatic nitrogens is 3. The van der Waals surface area contributed by atoms with Gasteiger partial charge in [-0.25, -0.2) is 15.0 Å². The Labute approximate surface area is 310 Å². The molecule has 0 aliphatic carbocycles. The van der Waals surface area contributed by atoms with Gasteiger partial charge in [-0.1, -0.05) is 189 Å². The lowest BCUT2D eigenvalue weighted by Crippen LogP contribution is -2.50. The summed E-state index contributed by atoms with van der Waals surface area (Å²) in [6.45, 7) is 4.94. The van der Waals surface area contributed by atoms with Crippen LogP contribution >= 0.6 is 0 Å². The van der Waals surface area contributed by atoms with E-state index in [4.69, 9.17) is 15.0 Å². The Morgan fingerprint density at radius 2 is 0.849 bits per heavy atom. The molecule has 1 aromatic heterocycles. The lowest BCUT2D eigenvalue weighted by molar-refractivity contribution is 1.08. The van der Waals surface area contributed by atoms with Gasteiger partial charge in [-0.05, 0) is 65.3 Å². The largest absolute Gasteiger partial charge is 0.208 e. The molecule has 0 fully saturated rings. The van der Waals surface area contributed by atoms with Gasteiger partial charge in [0, 0.05) is 16.7 Å². The van der Waals surface area contributed by atoms with E-state index < -0.39 is 8.07 Å². The van der Waals surface area contributed by atoms with Crippen molar-refractivity contribution >= 4 is 40.0 Å². The average molecular weight is 694 g/mol. The van der Waals surface area contributed by atoms with Crippen LogP contribution in [0.5, 0.6) is 0 Å². The predicted molar refractivity (Wildman–Crippen MR) is 224 cm³/mol. The van der Waals surface area contributed by atoms with Gasteiger partial charge in [0.1, 0.15) is 8.07 Å². The molecule has 53 heavy (non-hydrogen) atoms. The number of fused-ring (bicyclic) bond motifs is 6. The van der Waals surface area contributed by atoms with Crippen LogP contribution in [-0.4, -0.2) is 23.0 Å². The minimum Gasteiger partial charge on any atom is -0.208 e. The highest BCUT2D eigenvalue weighted by Crippen LogP contribution is 2.39. The first kappa shape index (κ1) is 31.3. The molecule has 0 saturated carbocycles. The first-order valence-corrected chi connectivity index (χ1v) is 21.2. The van der Waals surface area contributed by atoms with Gasteiger partial charge in [-0.2, -0.15) is 0 Å². The minimum absolute atomic E-state index is 0.662. The van der Waals surface area contributed by atoms with Gasteiger partial charge in [0.15, 0.2) is 17.5 Å². The molecule has 10 rings (SSSR count). The van der Waals surface area contributed by atoms with E-state index in [-0.39, 0.29) is 0 Å². The number of hydrogen-bond acceptors (Lipinski definition) is 3. The fourth-order valence-corrected chi connectivity index (χ4v) is 11.8. The van der Waals surface area contributed by atoms with Crippen LogP contribution < -0.4 is 10.4 Å². The van der Waals surface area contributed by atoms with Crippen molar-refractivity contribution in [1.29, 1.82) is 0 Å². The summed E-state index contributed by atoms with van der Waals surface area (Å²) in [7, 11) is -2.15. The third kappa shape index (κ3) is 5.14. The monoisotopic (exact) mass is 693 g/mol. The van der Waals surface area contributed by atoms with E-state index in [1.165, 1.54) is 48.6 Å². The molecular weight excluding hydrogens is 659 g/mol. The zero-order chi connectivity index (χ0) is 35.5. The Morgan fingerprint density at radius 3 is 1.64 bits per heavy atom. The van der Waals surface area contributed by atoms with Crippen molar-refractivity contribution < 1.29 is 0 Å². The molecule has 250 valence electrons. The standard InChI is InChI=1S/C49H35N3Si/c1-53(2)44-31-30-34-17-7-9-21-40(34)45(44)42-24-13-25-43(46(42)53)49-51-47(50-48(52-49)41-22-11-10-20-39(41)32-14-4-3-5-15-32)36-28-26-35(27-29-36)38-23-12-18-33-16-6-8-19-37(33)38/h3-31H,1-2H3. The summed E-state index contributed by atoms with van der Waals surface area (Å²) < 4.78 is 0. The first-order valence-electron chi connectivity index (χ1n) is 18.2. The Bertz CT molecular complexity index is 2850. The van der Waals surface area contributed by atoms with Crippen molar-refractivity contribution in [3.63, 3.8) is 0 Å². The topological polar surface area (TPSA) is 38.7 Å². The third-order valence-corrected chi connectivity index (χ3v) is 14.5. The molecule has 1 aliphatic heterocycles. The van der Waals surface area contributed by atoms with Gasteiger partial charge >= 0.3 is 0 Å². The maximum absolute atomic E-state index is 5.35. The van der Waals surface area contributed by atoms with Crippen LogP contribution in [0.4, 0.5) is 0 Å². The predicted octanol–water partition coefficient (Wildman–Crippen LogP) is 11.3. The van der Waals surface area contributed by atoms with Crippen LogP contribution in [0.1, 0.15) is 0 Å². The van der Waals surface area contributed by atoms with Crippen molar-refractivity contribution in [2.45, 2.75) is 13.1 Å². The zero-order valence-electron chi connectivity index (χ0n) is 29.6. The Hall–Kier alpha value is -6.49. The fraction of sp³-hybridized carbons (Fsp3) is 0.0408. The van der Waals surface area contributed by atoms with Gasteiger partial charge in [0.25, 0.3) is 0 Å². The highest BCUT2D eigenvalue weighted by atomic mass is 28.3. The van der Waals surface area contributed by atoms with Crippen LogP contribution in [0.25, 0.3) is 89.1 Å². The molecule has 4 heteroatoms. The van der Waals surface area contributed by atoms with E-state index in [1.807, 2.05) is 0 Å². The normalized spacial score (nSPS) is 12.9. The smallest absolute Gasteiger partial charge is 0.164 e. The van der Waals surface area contributed by atoms with Crippen molar-refractivity contribution in [3.05, 3.63) is 176 Å². The number of benzene rings is 8.